The molecule has 0 spiro atoms. The zero-order valence-electron chi connectivity index (χ0n) is 8.85. The molecule has 0 amide bonds. The summed E-state index contributed by atoms with van der Waals surface area (Å²) in [6.07, 6.45) is 3.95. The predicted molar refractivity (Wildman–Crippen MR) is 60.5 cm³/mol. The molecule has 78 valence electrons. The van der Waals surface area contributed by atoms with Crippen LogP contribution < -0.4 is 5.32 Å². The first-order valence-electron chi connectivity index (χ1n) is 5.07. The van der Waals surface area contributed by atoms with Gasteiger partial charge in [0.05, 0.1) is 12.0 Å². The highest BCUT2D eigenvalue weighted by Crippen LogP contribution is 2.03. The predicted octanol–water partition coefficient (Wildman–Crippen LogP) is 1.65. The molecule has 0 aliphatic carbocycles. The summed E-state index contributed by atoms with van der Waals surface area (Å²) in [6.45, 7) is 1.71. The minimum Gasteiger partial charge on any atom is -0.333 e. The van der Waals surface area contributed by atoms with E-state index in [2.05, 4.69) is 45.3 Å². The van der Waals surface area contributed by atoms with Crippen LogP contribution in [-0.4, -0.2) is 16.6 Å². The summed E-state index contributed by atoms with van der Waals surface area (Å²) in [6, 6.07) is 10.4. The third-order valence-electron chi connectivity index (χ3n) is 2.25. The maximum atomic E-state index is 4.30. The van der Waals surface area contributed by atoms with Gasteiger partial charge in [-0.15, -0.1) is 0 Å². The van der Waals surface area contributed by atoms with E-state index in [1.165, 1.54) is 5.56 Å². The summed E-state index contributed by atoms with van der Waals surface area (Å²) < 4.78 is 2.10. The first kappa shape index (κ1) is 9.93. The topological polar surface area (TPSA) is 29.9 Å². The Kier molecular flexibility index (Phi) is 3.15. The van der Waals surface area contributed by atoms with Gasteiger partial charge in [-0.2, -0.15) is 0 Å². The molecule has 2 rings (SSSR count). The van der Waals surface area contributed by atoms with Crippen LogP contribution in [0.25, 0.3) is 0 Å². The third-order valence-corrected chi connectivity index (χ3v) is 2.25. The van der Waals surface area contributed by atoms with Crippen molar-refractivity contribution in [1.29, 1.82) is 0 Å². The SMILES string of the molecule is CNCc1cn(Cc2ccccc2)cn1. The Bertz CT molecular complexity index is 406. The third kappa shape index (κ3) is 2.67. The van der Waals surface area contributed by atoms with Crippen LogP contribution in [0, 0.1) is 0 Å². The van der Waals surface area contributed by atoms with Gasteiger partial charge in [0.15, 0.2) is 0 Å². The summed E-state index contributed by atoms with van der Waals surface area (Å²) >= 11 is 0. The van der Waals surface area contributed by atoms with E-state index in [9.17, 15) is 0 Å². The van der Waals surface area contributed by atoms with Crippen molar-refractivity contribution in [3.63, 3.8) is 0 Å². The molecule has 0 saturated heterocycles. The van der Waals surface area contributed by atoms with Crippen molar-refractivity contribution >= 4 is 0 Å². The first-order chi connectivity index (χ1) is 7.38. The number of hydrogen-bond donors (Lipinski definition) is 1. The average molecular weight is 201 g/mol. The number of rotatable bonds is 4. The molecule has 0 fully saturated rings. The molecule has 0 saturated carbocycles. The molecule has 3 heteroatoms. The number of benzene rings is 1. The minimum absolute atomic E-state index is 0.821. The molecule has 0 unspecified atom stereocenters. The van der Waals surface area contributed by atoms with Crippen LogP contribution in [0.15, 0.2) is 42.9 Å². The highest BCUT2D eigenvalue weighted by Gasteiger charge is 1.97. The Morgan fingerprint density at radius 1 is 1.27 bits per heavy atom. The molecule has 0 aliphatic rings. The lowest BCUT2D eigenvalue weighted by Crippen LogP contribution is -2.05. The number of imidazole rings is 1. The van der Waals surface area contributed by atoms with Gasteiger partial charge in [-0.3, -0.25) is 0 Å². The lowest BCUT2D eigenvalue weighted by atomic mass is 10.2. The standard InChI is InChI=1S/C12H15N3/c1-13-7-12-9-15(10-14-12)8-11-5-3-2-4-6-11/h2-6,9-10,13H,7-8H2,1H3. The van der Waals surface area contributed by atoms with E-state index in [-0.39, 0.29) is 0 Å². The largest absolute Gasteiger partial charge is 0.333 e. The van der Waals surface area contributed by atoms with E-state index >= 15 is 0 Å². The maximum Gasteiger partial charge on any atom is 0.0953 e. The quantitative estimate of drug-likeness (QED) is 0.815. The molecule has 0 radical (unpaired) electrons. The summed E-state index contributed by atoms with van der Waals surface area (Å²) in [5.41, 5.74) is 2.37. The van der Waals surface area contributed by atoms with Crippen molar-refractivity contribution in [3.8, 4) is 0 Å². The summed E-state index contributed by atoms with van der Waals surface area (Å²) in [5.74, 6) is 0. The van der Waals surface area contributed by atoms with E-state index in [4.69, 9.17) is 0 Å². The van der Waals surface area contributed by atoms with Crippen molar-refractivity contribution in [3.05, 3.63) is 54.1 Å². The average Bonchev–Trinajstić information content (AvgIpc) is 2.68. The summed E-state index contributed by atoms with van der Waals surface area (Å²) in [4.78, 5) is 4.30. The highest BCUT2D eigenvalue weighted by molar-refractivity contribution is 5.15. The molecular weight excluding hydrogens is 186 g/mol. The van der Waals surface area contributed by atoms with E-state index in [1.807, 2.05) is 19.4 Å². The molecule has 1 heterocycles. The van der Waals surface area contributed by atoms with E-state index in [0.29, 0.717) is 0 Å². The molecule has 0 aliphatic heterocycles. The molecule has 3 nitrogen and oxygen atoms in total. The van der Waals surface area contributed by atoms with Crippen molar-refractivity contribution in [2.45, 2.75) is 13.1 Å². The molecule has 1 aromatic carbocycles. The van der Waals surface area contributed by atoms with Crippen LogP contribution in [0.2, 0.25) is 0 Å². The van der Waals surface area contributed by atoms with Gasteiger partial charge in [0.2, 0.25) is 0 Å². The second kappa shape index (κ2) is 4.75. The Balaban J connectivity index is 2.05. The fourth-order valence-electron chi connectivity index (χ4n) is 1.56. The normalized spacial score (nSPS) is 10.5. The van der Waals surface area contributed by atoms with Gasteiger partial charge in [0, 0.05) is 19.3 Å². The van der Waals surface area contributed by atoms with Gasteiger partial charge in [0.25, 0.3) is 0 Å². The monoisotopic (exact) mass is 201 g/mol. The van der Waals surface area contributed by atoms with E-state index in [1.54, 1.807) is 0 Å². The summed E-state index contributed by atoms with van der Waals surface area (Å²) in [7, 11) is 1.93. The smallest absolute Gasteiger partial charge is 0.0953 e. The van der Waals surface area contributed by atoms with Gasteiger partial charge in [-0.25, -0.2) is 4.98 Å². The van der Waals surface area contributed by atoms with Gasteiger partial charge in [-0.1, -0.05) is 30.3 Å². The molecule has 1 aromatic heterocycles. The van der Waals surface area contributed by atoms with Crippen LogP contribution in [0.1, 0.15) is 11.3 Å². The minimum atomic E-state index is 0.821. The zero-order valence-corrected chi connectivity index (χ0v) is 8.85. The lowest BCUT2D eigenvalue weighted by molar-refractivity contribution is 0.782. The van der Waals surface area contributed by atoms with Crippen molar-refractivity contribution in [2.24, 2.45) is 0 Å². The Hall–Kier alpha value is -1.61. The maximum absolute atomic E-state index is 4.30. The first-order valence-corrected chi connectivity index (χ1v) is 5.07. The van der Waals surface area contributed by atoms with Gasteiger partial charge < -0.3 is 9.88 Å². The molecule has 1 N–H and O–H groups in total. The second-order valence-corrected chi connectivity index (χ2v) is 3.55. The second-order valence-electron chi connectivity index (χ2n) is 3.55. The highest BCUT2D eigenvalue weighted by atomic mass is 15.0. The van der Waals surface area contributed by atoms with E-state index in [0.717, 1.165) is 18.8 Å². The van der Waals surface area contributed by atoms with Gasteiger partial charge in [-0.05, 0) is 12.6 Å². The van der Waals surface area contributed by atoms with Crippen molar-refractivity contribution in [2.75, 3.05) is 7.05 Å². The van der Waals surface area contributed by atoms with Crippen LogP contribution in [0.5, 0.6) is 0 Å². The summed E-state index contributed by atoms with van der Waals surface area (Å²) in [5, 5.41) is 3.09. The molecule has 0 atom stereocenters. The number of hydrogen-bond acceptors (Lipinski definition) is 2. The Labute approximate surface area is 89.8 Å². The fourth-order valence-corrected chi connectivity index (χ4v) is 1.56. The molecule has 15 heavy (non-hydrogen) atoms. The van der Waals surface area contributed by atoms with Crippen molar-refractivity contribution < 1.29 is 0 Å². The number of nitrogens with one attached hydrogen (secondary N) is 1. The Morgan fingerprint density at radius 3 is 2.80 bits per heavy atom. The number of nitrogens with zero attached hydrogens (tertiary/aromatic N) is 2. The lowest BCUT2D eigenvalue weighted by Gasteiger charge is -2.01. The van der Waals surface area contributed by atoms with Crippen LogP contribution >= 0.6 is 0 Å². The molecule has 2 aromatic rings. The molecular formula is C12H15N3. The molecule has 0 bridgehead atoms. The van der Waals surface area contributed by atoms with Crippen LogP contribution in [-0.2, 0) is 13.1 Å². The van der Waals surface area contributed by atoms with Crippen molar-refractivity contribution in [1.82, 2.24) is 14.9 Å². The van der Waals surface area contributed by atoms with Gasteiger partial charge in [0.1, 0.15) is 0 Å². The fraction of sp³-hybridized carbons (Fsp3) is 0.250. The number of aromatic nitrogens is 2. The van der Waals surface area contributed by atoms with Crippen LogP contribution in [0.4, 0.5) is 0 Å². The van der Waals surface area contributed by atoms with E-state index < -0.39 is 0 Å². The Morgan fingerprint density at radius 2 is 2.07 bits per heavy atom. The van der Waals surface area contributed by atoms with Gasteiger partial charge >= 0.3 is 0 Å². The zero-order chi connectivity index (χ0) is 10.5. The van der Waals surface area contributed by atoms with Crippen LogP contribution in [0.3, 0.4) is 0 Å².